The molecular weight excluding hydrogens is 423 g/mol. The number of alkyl halides is 3. The van der Waals surface area contributed by atoms with Crippen LogP contribution in [0.3, 0.4) is 0 Å². The van der Waals surface area contributed by atoms with Gasteiger partial charge in [0.1, 0.15) is 0 Å². The molecule has 2 N–H and O–H groups in total. The maximum atomic E-state index is 12.1. The number of hydrogen-bond donors (Lipinski definition) is 2. The molecule has 2 aromatic rings. The number of ether oxygens (including phenoxy) is 1. The first-order valence-electron chi connectivity index (χ1n) is 10.6. The van der Waals surface area contributed by atoms with Crippen LogP contribution in [-0.4, -0.2) is 68.0 Å². The number of aromatic nitrogens is 1. The average Bonchev–Trinajstić information content (AvgIpc) is 2.80. The van der Waals surface area contributed by atoms with Crippen LogP contribution in [-0.2, 0) is 6.54 Å². The number of carbonyl (C=O) groups excluding carboxylic acids is 1. The summed E-state index contributed by atoms with van der Waals surface area (Å²) in [5.74, 6) is -0.111. The molecule has 1 aromatic carbocycles. The Balaban J connectivity index is 1.25. The van der Waals surface area contributed by atoms with E-state index in [1.54, 1.807) is 6.07 Å². The van der Waals surface area contributed by atoms with Crippen LogP contribution in [0.1, 0.15) is 12.0 Å². The number of para-hydroxylation sites is 1. The van der Waals surface area contributed by atoms with Crippen LogP contribution >= 0.6 is 0 Å². The summed E-state index contributed by atoms with van der Waals surface area (Å²) in [6, 6.07) is 13.0. The number of rotatable bonds is 9. The van der Waals surface area contributed by atoms with E-state index >= 15 is 0 Å². The first-order valence-corrected chi connectivity index (χ1v) is 10.6. The Morgan fingerprint density at radius 3 is 2.44 bits per heavy atom. The zero-order chi connectivity index (χ0) is 22.8. The zero-order valence-electron chi connectivity index (χ0n) is 17.8. The third-order valence-electron chi connectivity index (χ3n) is 5.06. The minimum atomic E-state index is -4.41. The topological polar surface area (TPSA) is 69.7 Å². The van der Waals surface area contributed by atoms with E-state index in [0.717, 1.165) is 39.1 Å². The van der Waals surface area contributed by atoms with Gasteiger partial charge in [-0.15, -0.1) is 0 Å². The van der Waals surface area contributed by atoms with Crippen molar-refractivity contribution in [2.45, 2.75) is 19.1 Å². The third-order valence-corrected chi connectivity index (χ3v) is 5.06. The number of amides is 2. The summed E-state index contributed by atoms with van der Waals surface area (Å²) in [7, 11) is 0. The van der Waals surface area contributed by atoms with Gasteiger partial charge in [-0.1, -0.05) is 24.3 Å². The molecule has 1 saturated heterocycles. The van der Waals surface area contributed by atoms with Crippen LogP contribution in [0.2, 0.25) is 0 Å². The van der Waals surface area contributed by atoms with E-state index in [2.05, 4.69) is 54.4 Å². The Hall–Kier alpha value is -3.01. The molecule has 1 aliphatic heterocycles. The normalized spacial score (nSPS) is 14.8. The van der Waals surface area contributed by atoms with E-state index < -0.39 is 12.8 Å². The van der Waals surface area contributed by atoms with Crippen molar-refractivity contribution >= 4 is 11.7 Å². The minimum absolute atomic E-state index is 0.111. The van der Waals surface area contributed by atoms with Gasteiger partial charge in [0.15, 0.2) is 6.61 Å². The number of hydrogen-bond acceptors (Lipinski definition) is 5. The highest BCUT2D eigenvalue weighted by molar-refractivity contribution is 5.73. The molecule has 0 spiro atoms. The lowest BCUT2D eigenvalue weighted by Crippen LogP contribution is -2.47. The van der Waals surface area contributed by atoms with Gasteiger partial charge < -0.3 is 20.3 Å². The minimum Gasteiger partial charge on any atom is -0.468 e. The molecule has 174 valence electrons. The molecular formula is C22H28F3N5O2. The van der Waals surface area contributed by atoms with Crippen LogP contribution in [0.4, 0.5) is 23.7 Å². The quantitative estimate of drug-likeness (QED) is 0.574. The Labute approximate surface area is 185 Å². The van der Waals surface area contributed by atoms with Crippen molar-refractivity contribution in [2.75, 3.05) is 50.8 Å². The van der Waals surface area contributed by atoms with Crippen LogP contribution in [0, 0.1) is 0 Å². The monoisotopic (exact) mass is 451 g/mol. The second-order valence-corrected chi connectivity index (χ2v) is 7.54. The highest BCUT2D eigenvalue weighted by atomic mass is 19.4. The fourth-order valence-electron chi connectivity index (χ4n) is 3.37. The molecule has 0 radical (unpaired) electrons. The van der Waals surface area contributed by atoms with Crippen LogP contribution in [0.25, 0.3) is 0 Å². The SMILES string of the molecule is O=C(NCCCN1CCN(c2ccccc2)CC1)NCc1ccc(OCC(F)(F)F)nc1. The van der Waals surface area contributed by atoms with Crippen LogP contribution in [0.5, 0.6) is 5.88 Å². The van der Waals surface area contributed by atoms with Crippen molar-refractivity contribution in [3.63, 3.8) is 0 Å². The fraction of sp³-hybridized carbons (Fsp3) is 0.455. The highest BCUT2D eigenvalue weighted by Gasteiger charge is 2.28. The summed E-state index contributed by atoms with van der Waals surface area (Å²) < 4.78 is 40.9. The summed E-state index contributed by atoms with van der Waals surface area (Å²) in [6.07, 6.45) is -2.18. The number of carbonyl (C=O) groups is 1. The second-order valence-electron chi connectivity index (χ2n) is 7.54. The summed E-state index contributed by atoms with van der Waals surface area (Å²) in [4.78, 5) is 20.5. The second kappa shape index (κ2) is 11.6. The Bertz CT molecular complexity index is 826. The Morgan fingerprint density at radius 2 is 1.78 bits per heavy atom. The molecule has 0 aliphatic carbocycles. The number of anilines is 1. The molecule has 2 amide bonds. The summed E-state index contributed by atoms with van der Waals surface area (Å²) in [5, 5.41) is 5.52. The molecule has 1 fully saturated rings. The van der Waals surface area contributed by atoms with Crippen molar-refractivity contribution in [3.8, 4) is 5.88 Å². The van der Waals surface area contributed by atoms with E-state index in [9.17, 15) is 18.0 Å². The van der Waals surface area contributed by atoms with Gasteiger partial charge in [0.2, 0.25) is 5.88 Å². The number of pyridine rings is 1. The standard InChI is InChI=1S/C22H28F3N5O2/c23-22(24,25)17-32-20-8-7-18(15-27-20)16-28-21(31)26-9-4-10-29-11-13-30(14-12-29)19-5-2-1-3-6-19/h1-3,5-8,15H,4,9-14,16-17H2,(H2,26,28,31). The molecule has 0 bridgehead atoms. The maximum absolute atomic E-state index is 12.1. The van der Waals surface area contributed by atoms with Gasteiger partial charge in [-0.3, -0.25) is 4.90 Å². The summed E-state index contributed by atoms with van der Waals surface area (Å²) in [6.45, 7) is 4.30. The summed E-state index contributed by atoms with van der Waals surface area (Å²) in [5.41, 5.74) is 1.92. The van der Waals surface area contributed by atoms with Gasteiger partial charge in [0.25, 0.3) is 0 Å². The van der Waals surface area contributed by atoms with Gasteiger partial charge in [0, 0.05) is 57.2 Å². The molecule has 10 heteroatoms. The van der Waals surface area contributed by atoms with Gasteiger partial charge in [0.05, 0.1) is 0 Å². The number of nitrogens with zero attached hydrogens (tertiary/aromatic N) is 3. The Kier molecular flexibility index (Phi) is 8.55. The van der Waals surface area contributed by atoms with Crippen molar-refractivity contribution in [3.05, 3.63) is 54.2 Å². The zero-order valence-corrected chi connectivity index (χ0v) is 17.8. The predicted octanol–water partition coefficient (Wildman–Crippen LogP) is 3.03. The summed E-state index contributed by atoms with van der Waals surface area (Å²) >= 11 is 0. The first-order chi connectivity index (χ1) is 15.4. The average molecular weight is 451 g/mol. The van der Waals surface area contributed by atoms with E-state index in [4.69, 9.17) is 0 Å². The van der Waals surface area contributed by atoms with E-state index in [0.29, 0.717) is 12.1 Å². The van der Waals surface area contributed by atoms with Gasteiger partial charge >= 0.3 is 12.2 Å². The van der Waals surface area contributed by atoms with Crippen molar-refractivity contribution in [1.82, 2.24) is 20.5 Å². The first kappa shape index (κ1) is 23.6. The molecule has 7 nitrogen and oxygen atoms in total. The van der Waals surface area contributed by atoms with Gasteiger partial charge in [-0.05, 0) is 30.7 Å². The largest absolute Gasteiger partial charge is 0.468 e. The lowest BCUT2D eigenvalue weighted by Gasteiger charge is -2.36. The van der Waals surface area contributed by atoms with Crippen molar-refractivity contribution in [2.24, 2.45) is 0 Å². The third kappa shape index (κ3) is 8.26. The Morgan fingerprint density at radius 1 is 1.03 bits per heavy atom. The molecule has 32 heavy (non-hydrogen) atoms. The lowest BCUT2D eigenvalue weighted by molar-refractivity contribution is -0.154. The fourth-order valence-corrected chi connectivity index (χ4v) is 3.37. The molecule has 0 unspecified atom stereocenters. The maximum Gasteiger partial charge on any atom is 0.422 e. The van der Waals surface area contributed by atoms with E-state index in [1.165, 1.54) is 18.0 Å². The smallest absolute Gasteiger partial charge is 0.422 e. The van der Waals surface area contributed by atoms with Gasteiger partial charge in [-0.25, -0.2) is 9.78 Å². The van der Waals surface area contributed by atoms with Crippen LogP contribution < -0.4 is 20.3 Å². The number of urea groups is 1. The molecule has 1 aliphatic rings. The lowest BCUT2D eigenvalue weighted by atomic mass is 10.2. The van der Waals surface area contributed by atoms with Crippen molar-refractivity contribution < 1.29 is 22.7 Å². The van der Waals surface area contributed by atoms with Crippen LogP contribution in [0.15, 0.2) is 48.7 Å². The highest BCUT2D eigenvalue weighted by Crippen LogP contribution is 2.17. The molecule has 1 aromatic heterocycles. The van der Waals surface area contributed by atoms with E-state index in [-0.39, 0.29) is 18.5 Å². The van der Waals surface area contributed by atoms with Crippen molar-refractivity contribution in [1.29, 1.82) is 0 Å². The number of halogens is 3. The predicted molar refractivity (Wildman–Crippen MR) is 116 cm³/mol. The molecule has 0 atom stereocenters. The molecule has 2 heterocycles. The number of nitrogens with one attached hydrogen (secondary N) is 2. The molecule has 3 rings (SSSR count). The van der Waals surface area contributed by atoms with E-state index in [1.807, 2.05) is 6.07 Å². The number of benzene rings is 1. The number of piperazine rings is 1. The molecule has 0 saturated carbocycles. The van der Waals surface area contributed by atoms with Gasteiger partial charge in [-0.2, -0.15) is 13.2 Å².